The summed E-state index contributed by atoms with van der Waals surface area (Å²) >= 11 is 0. The van der Waals surface area contributed by atoms with Crippen molar-refractivity contribution < 1.29 is 4.39 Å². The lowest BCUT2D eigenvalue weighted by Gasteiger charge is -2.28. The number of hydrogen-bond acceptors (Lipinski definition) is 2. The molecule has 0 bridgehead atoms. The third-order valence-corrected chi connectivity index (χ3v) is 3.39. The number of hydrogen-bond donors (Lipinski definition) is 1. The molecule has 2 N–H and O–H groups in total. The van der Waals surface area contributed by atoms with Gasteiger partial charge in [-0.05, 0) is 31.4 Å². The van der Waals surface area contributed by atoms with Crippen LogP contribution in [0.4, 0.5) is 10.1 Å². The van der Waals surface area contributed by atoms with Crippen LogP contribution < -0.4 is 10.6 Å². The highest BCUT2D eigenvalue weighted by Crippen LogP contribution is 2.29. The number of rotatable bonds is 8. The van der Waals surface area contributed by atoms with Crippen molar-refractivity contribution in [1.29, 1.82) is 0 Å². The Bertz CT molecular complexity index is 369. The molecule has 0 spiro atoms. The average molecular weight is 266 g/mol. The van der Waals surface area contributed by atoms with Gasteiger partial charge in [-0.3, -0.25) is 0 Å². The second-order valence-electron chi connectivity index (χ2n) is 5.16. The third-order valence-electron chi connectivity index (χ3n) is 3.39. The number of halogens is 1. The van der Waals surface area contributed by atoms with E-state index >= 15 is 0 Å². The highest BCUT2D eigenvalue weighted by Gasteiger charge is 2.17. The van der Waals surface area contributed by atoms with Crippen LogP contribution in [-0.4, -0.2) is 13.1 Å². The van der Waals surface area contributed by atoms with Crippen LogP contribution in [0.3, 0.4) is 0 Å². The fourth-order valence-corrected chi connectivity index (χ4v) is 2.27. The quantitative estimate of drug-likeness (QED) is 0.762. The van der Waals surface area contributed by atoms with Crippen molar-refractivity contribution in [3.63, 3.8) is 0 Å². The van der Waals surface area contributed by atoms with Crippen LogP contribution >= 0.6 is 0 Å². The summed E-state index contributed by atoms with van der Waals surface area (Å²) in [5.74, 6) is -0.151. The van der Waals surface area contributed by atoms with Gasteiger partial charge in [-0.2, -0.15) is 0 Å². The molecule has 19 heavy (non-hydrogen) atoms. The maximum Gasteiger partial charge on any atom is 0.146 e. The van der Waals surface area contributed by atoms with Gasteiger partial charge in [0.25, 0.3) is 0 Å². The maximum atomic E-state index is 14.2. The topological polar surface area (TPSA) is 29.3 Å². The highest BCUT2D eigenvalue weighted by molar-refractivity contribution is 5.56. The summed E-state index contributed by atoms with van der Waals surface area (Å²) in [4.78, 5) is 2.17. The molecule has 0 saturated heterocycles. The number of unbranched alkanes of at least 4 members (excludes halogenated alkanes) is 2. The predicted molar refractivity (Wildman–Crippen MR) is 81.0 cm³/mol. The van der Waals surface area contributed by atoms with Crippen molar-refractivity contribution in [1.82, 2.24) is 0 Å². The van der Waals surface area contributed by atoms with Crippen molar-refractivity contribution in [3.8, 4) is 0 Å². The summed E-state index contributed by atoms with van der Waals surface area (Å²) < 4.78 is 14.2. The van der Waals surface area contributed by atoms with Crippen LogP contribution in [0, 0.1) is 5.82 Å². The number of nitrogens with two attached hydrogens (primary N) is 1. The molecule has 1 aromatic rings. The maximum absolute atomic E-state index is 14.2. The van der Waals surface area contributed by atoms with Crippen molar-refractivity contribution in [2.75, 3.05) is 18.0 Å². The first kappa shape index (κ1) is 16.0. The van der Waals surface area contributed by atoms with Crippen LogP contribution in [0.1, 0.15) is 58.1 Å². The predicted octanol–water partition coefficient (Wildman–Crippen LogP) is 4.25. The SMILES string of the molecule is CCCCN(CCCC)c1c(F)cccc1[C@H](C)N. The summed E-state index contributed by atoms with van der Waals surface area (Å²) in [6.45, 7) is 8.03. The van der Waals surface area contributed by atoms with E-state index in [0.29, 0.717) is 5.69 Å². The molecule has 2 nitrogen and oxygen atoms in total. The standard InChI is InChI=1S/C16H27FN2/c1-4-6-11-19(12-7-5-2)16-14(13(3)18)9-8-10-15(16)17/h8-10,13H,4-7,11-12,18H2,1-3H3/t13-/m0/s1. The Morgan fingerprint density at radius 1 is 1.16 bits per heavy atom. The van der Waals surface area contributed by atoms with Crippen LogP contribution in [0.2, 0.25) is 0 Å². The zero-order valence-electron chi connectivity index (χ0n) is 12.5. The Labute approximate surface area is 116 Å². The second-order valence-corrected chi connectivity index (χ2v) is 5.16. The first-order valence-corrected chi connectivity index (χ1v) is 7.40. The molecular weight excluding hydrogens is 239 g/mol. The highest BCUT2D eigenvalue weighted by atomic mass is 19.1. The van der Waals surface area contributed by atoms with Gasteiger partial charge < -0.3 is 10.6 Å². The van der Waals surface area contributed by atoms with Crippen molar-refractivity contribution >= 4 is 5.69 Å². The van der Waals surface area contributed by atoms with E-state index in [4.69, 9.17) is 5.73 Å². The van der Waals surface area contributed by atoms with E-state index in [1.807, 2.05) is 13.0 Å². The first-order chi connectivity index (χ1) is 9.11. The van der Waals surface area contributed by atoms with Gasteiger partial charge in [0.1, 0.15) is 5.82 Å². The summed E-state index contributed by atoms with van der Waals surface area (Å²) in [7, 11) is 0. The van der Waals surface area contributed by atoms with Gasteiger partial charge in [-0.25, -0.2) is 4.39 Å². The first-order valence-electron chi connectivity index (χ1n) is 7.40. The Morgan fingerprint density at radius 3 is 2.21 bits per heavy atom. The van der Waals surface area contributed by atoms with Crippen LogP contribution in [0.5, 0.6) is 0 Å². The molecule has 0 saturated carbocycles. The summed E-state index contributed by atoms with van der Waals surface area (Å²) in [6.07, 6.45) is 4.39. The number of para-hydroxylation sites is 1. The third kappa shape index (κ3) is 4.50. The second kappa shape index (κ2) is 8.16. The van der Waals surface area contributed by atoms with Gasteiger partial charge in [-0.15, -0.1) is 0 Å². The molecule has 0 radical (unpaired) electrons. The van der Waals surface area contributed by atoms with E-state index in [0.717, 1.165) is 44.3 Å². The molecule has 0 aliphatic rings. The molecule has 0 aliphatic carbocycles. The fourth-order valence-electron chi connectivity index (χ4n) is 2.27. The summed E-state index contributed by atoms with van der Waals surface area (Å²) in [5.41, 5.74) is 7.60. The number of anilines is 1. The van der Waals surface area contributed by atoms with Crippen molar-refractivity contribution in [2.24, 2.45) is 5.73 Å². The summed E-state index contributed by atoms with van der Waals surface area (Å²) in [6, 6.07) is 5.08. The minimum Gasteiger partial charge on any atom is -0.369 e. The molecule has 1 atom stereocenters. The largest absolute Gasteiger partial charge is 0.369 e. The van der Waals surface area contributed by atoms with E-state index in [9.17, 15) is 4.39 Å². The smallest absolute Gasteiger partial charge is 0.146 e. The van der Waals surface area contributed by atoms with E-state index < -0.39 is 0 Å². The van der Waals surface area contributed by atoms with Gasteiger partial charge >= 0.3 is 0 Å². The van der Waals surface area contributed by atoms with E-state index in [2.05, 4.69) is 18.7 Å². The molecule has 1 rings (SSSR count). The molecule has 0 aliphatic heterocycles. The molecule has 0 unspecified atom stereocenters. The molecule has 0 amide bonds. The zero-order valence-corrected chi connectivity index (χ0v) is 12.5. The molecule has 1 aromatic carbocycles. The van der Waals surface area contributed by atoms with E-state index in [-0.39, 0.29) is 11.9 Å². The zero-order chi connectivity index (χ0) is 14.3. The molecule has 0 fully saturated rings. The van der Waals surface area contributed by atoms with Crippen molar-refractivity contribution in [3.05, 3.63) is 29.6 Å². The Hall–Kier alpha value is -1.09. The molecule has 0 aromatic heterocycles. The lowest BCUT2D eigenvalue weighted by molar-refractivity contribution is 0.597. The van der Waals surface area contributed by atoms with Gasteiger partial charge in [0, 0.05) is 19.1 Å². The van der Waals surface area contributed by atoms with Crippen LogP contribution in [0.25, 0.3) is 0 Å². The Kier molecular flexibility index (Phi) is 6.85. The Balaban J connectivity index is 3.04. The average Bonchev–Trinajstić information content (AvgIpc) is 2.39. The normalized spacial score (nSPS) is 12.5. The molecular formula is C16H27FN2. The van der Waals surface area contributed by atoms with Crippen LogP contribution in [-0.2, 0) is 0 Å². The van der Waals surface area contributed by atoms with Gasteiger partial charge in [0.05, 0.1) is 5.69 Å². The summed E-state index contributed by atoms with van der Waals surface area (Å²) in [5, 5.41) is 0. The lowest BCUT2D eigenvalue weighted by Crippen LogP contribution is -2.28. The monoisotopic (exact) mass is 266 g/mol. The van der Waals surface area contributed by atoms with Gasteiger partial charge in [0.2, 0.25) is 0 Å². The van der Waals surface area contributed by atoms with E-state index in [1.54, 1.807) is 6.07 Å². The number of benzene rings is 1. The minimum atomic E-state index is -0.151. The molecule has 0 heterocycles. The number of nitrogens with zero attached hydrogens (tertiary/aromatic N) is 1. The lowest BCUT2D eigenvalue weighted by atomic mass is 10.0. The van der Waals surface area contributed by atoms with Gasteiger partial charge in [-0.1, -0.05) is 38.8 Å². The van der Waals surface area contributed by atoms with E-state index in [1.165, 1.54) is 6.07 Å². The fraction of sp³-hybridized carbons (Fsp3) is 0.625. The molecule has 3 heteroatoms. The Morgan fingerprint density at radius 2 is 1.74 bits per heavy atom. The van der Waals surface area contributed by atoms with Gasteiger partial charge in [0.15, 0.2) is 0 Å². The minimum absolute atomic E-state index is 0.142. The van der Waals surface area contributed by atoms with Crippen molar-refractivity contribution in [2.45, 2.75) is 52.5 Å². The van der Waals surface area contributed by atoms with Crippen LogP contribution in [0.15, 0.2) is 18.2 Å². The molecule has 108 valence electrons.